The zero-order valence-electron chi connectivity index (χ0n) is 12.8. The maximum absolute atomic E-state index is 8.70. The van der Waals surface area contributed by atoms with Crippen molar-refractivity contribution in [3.8, 4) is 6.07 Å². The Labute approximate surface area is 104 Å². The summed E-state index contributed by atoms with van der Waals surface area (Å²) >= 11 is 0. The summed E-state index contributed by atoms with van der Waals surface area (Å²) in [4.78, 5) is 0. The molecule has 0 aromatic heterocycles. The summed E-state index contributed by atoms with van der Waals surface area (Å²) in [5.74, 6) is 1.82. The highest BCUT2D eigenvalue weighted by atomic mass is 14.3. The van der Waals surface area contributed by atoms with Crippen LogP contribution >= 0.6 is 0 Å². The van der Waals surface area contributed by atoms with Crippen LogP contribution in [0.5, 0.6) is 0 Å². The van der Waals surface area contributed by atoms with E-state index < -0.39 is 0 Å². The highest BCUT2D eigenvalue weighted by Gasteiger charge is 2.24. The highest BCUT2D eigenvalue weighted by molar-refractivity contribution is 4.90. The van der Waals surface area contributed by atoms with Gasteiger partial charge < -0.3 is 0 Å². The Balaban J connectivity index is -0.000000245. The van der Waals surface area contributed by atoms with Gasteiger partial charge in [-0.2, -0.15) is 5.26 Å². The first-order valence-electron chi connectivity index (χ1n) is 7.13. The fraction of sp³-hybridized carbons (Fsp3) is 0.933. The summed E-state index contributed by atoms with van der Waals surface area (Å²) in [5, 5.41) is 8.70. The lowest BCUT2D eigenvalue weighted by atomic mass is 9.76. The summed E-state index contributed by atoms with van der Waals surface area (Å²) in [6.07, 6.45) is 3.62. The molecule has 3 atom stereocenters. The molecule has 1 saturated carbocycles. The second-order valence-electron chi connectivity index (χ2n) is 3.63. The average Bonchev–Trinajstić information content (AvgIpc) is 2.37. The summed E-state index contributed by atoms with van der Waals surface area (Å²) in [7, 11) is 0. The van der Waals surface area contributed by atoms with Crippen LogP contribution in [0.3, 0.4) is 0 Å². The van der Waals surface area contributed by atoms with Gasteiger partial charge in [-0.05, 0) is 31.1 Å². The molecule has 1 aliphatic carbocycles. The van der Waals surface area contributed by atoms with Gasteiger partial charge in [-0.1, -0.05) is 55.4 Å². The topological polar surface area (TPSA) is 23.8 Å². The van der Waals surface area contributed by atoms with Crippen molar-refractivity contribution >= 4 is 0 Å². The van der Waals surface area contributed by atoms with E-state index in [-0.39, 0.29) is 0 Å². The van der Waals surface area contributed by atoms with Gasteiger partial charge in [0.05, 0.1) is 6.07 Å². The lowest BCUT2D eigenvalue weighted by Gasteiger charge is -2.27. The van der Waals surface area contributed by atoms with Crippen LogP contribution in [0.4, 0.5) is 0 Å². The molecule has 98 valence electrons. The highest BCUT2D eigenvalue weighted by Crippen LogP contribution is 2.32. The quantitative estimate of drug-likeness (QED) is 0.523. The fourth-order valence-electron chi connectivity index (χ4n) is 1.86. The Bertz CT molecular complexity index is 146. The van der Waals surface area contributed by atoms with E-state index >= 15 is 0 Å². The predicted molar refractivity (Wildman–Crippen MR) is 75.3 cm³/mol. The Kier molecular flexibility index (Phi) is 22.0. The predicted octanol–water partition coefficient (Wildman–Crippen LogP) is 5.66. The molecule has 1 nitrogen and oxygen atoms in total. The first-order valence-corrected chi connectivity index (χ1v) is 7.13. The Morgan fingerprint density at radius 1 is 0.875 bits per heavy atom. The van der Waals surface area contributed by atoms with Crippen molar-refractivity contribution in [1.29, 1.82) is 5.26 Å². The van der Waals surface area contributed by atoms with Crippen LogP contribution in [0.2, 0.25) is 0 Å². The summed E-state index contributed by atoms with van der Waals surface area (Å²) < 4.78 is 0. The van der Waals surface area contributed by atoms with Gasteiger partial charge in [-0.15, -0.1) is 0 Å². The molecule has 16 heavy (non-hydrogen) atoms. The van der Waals surface area contributed by atoms with Crippen LogP contribution in [0.1, 0.15) is 74.7 Å². The van der Waals surface area contributed by atoms with Gasteiger partial charge in [0.2, 0.25) is 0 Å². The minimum atomic E-state index is 0.344. The molecule has 1 fully saturated rings. The Hall–Kier alpha value is -0.510. The van der Waals surface area contributed by atoms with Crippen LogP contribution in [0.15, 0.2) is 0 Å². The normalized spacial score (nSPS) is 26.6. The number of rotatable bonds is 0. The largest absolute Gasteiger partial charge is 0.198 e. The lowest BCUT2D eigenvalue weighted by molar-refractivity contribution is 0.248. The molecule has 0 aromatic rings. The molecule has 0 radical (unpaired) electrons. The summed E-state index contributed by atoms with van der Waals surface area (Å²) in [6.45, 7) is 16.5. The van der Waals surface area contributed by atoms with Crippen molar-refractivity contribution in [2.75, 3.05) is 0 Å². The third kappa shape index (κ3) is 10.0. The third-order valence-electron chi connectivity index (χ3n) is 2.60. The maximum atomic E-state index is 8.70. The molecule has 1 heteroatoms. The fourth-order valence-corrected chi connectivity index (χ4v) is 1.86. The zero-order chi connectivity index (χ0) is 13.6. The van der Waals surface area contributed by atoms with Crippen LogP contribution in [0, 0.1) is 29.1 Å². The minimum Gasteiger partial charge on any atom is -0.198 e. The van der Waals surface area contributed by atoms with E-state index in [1.807, 2.05) is 41.5 Å². The van der Waals surface area contributed by atoms with Gasteiger partial charge in [0.1, 0.15) is 0 Å². The van der Waals surface area contributed by atoms with Gasteiger partial charge in [0, 0.05) is 5.92 Å². The van der Waals surface area contributed by atoms with E-state index in [1.165, 1.54) is 12.8 Å². The van der Waals surface area contributed by atoms with Crippen LogP contribution < -0.4 is 0 Å². The number of hydrogen-bond donors (Lipinski definition) is 0. The van der Waals surface area contributed by atoms with E-state index in [0.29, 0.717) is 11.8 Å². The first kappa shape index (κ1) is 20.8. The van der Waals surface area contributed by atoms with E-state index in [4.69, 9.17) is 5.26 Å². The summed E-state index contributed by atoms with van der Waals surface area (Å²) in [6, 6.07) is 2.37. The van der Waals surface area contributed by atoms with Gasteiger partial charge in [-0.25, -0.2) is 0 Å². The number of nitriles is 1. The van der Waals surface area contributed by atoms with Gasteiger partial charge >= 0.3 is 0 Å². The summed E-state index contributed by atoms with van der Waals surface area (Å²) in [5.41, 5.74) is 0. The molecule has 0 saturated heterocycles. The lowest BCUT2D eigenvalue weighted by Crippen LogP contribution is -2.19. The van der Waals surface area contributed by atoms with Crippen molar-refractivity contribution in [2.24, 2.45) is 17.8 Å². The molecular weight excluding hydrogens is 194 g/mol. The smallest absolute Gasteiger partial charge is 0.0658 e. The molecular formula is C15H33N. The SMILES string of the molecule is CC.CC.CC.CC1CCC(C#N)C(C)C1. The Morgan fingerprint density at radius 3 is 1.62 bits per heavy atom. The molecule has 0 heterocycles. The van der Waals surface area contributed by atoms with Crippen molar-refractivity contribution < 1.29 is 0 Å². The van der Waals surface area contributed by atoms with Crippen molar-refractivity contribution in [1.82, 2.24) is 0 Å². The van der Waals surface area contributed by atoms with E-state index in [2.05, 4.69) is 19.9 Å². The monoisotopic (exact) mass is 227 g/mol. The minimum absolute atomic E-state index is 0.344. The number of nitrogens with zero attached hydrogens (tertiary/aromatic N) is 1. The van der Waals surface area contributed by atoms with Crippen LogP contribution in [0.25, 0.3) is 0 Å². The van der Waals surface area contributed by atoms with Gasteiger partial charge in [0.25, 0.3) is 0 Å². The van der Waals surface area contributed by atoms with Crippen molar-refractivity contribution in [3.63, 3.8) is 0 Å². The van der Waals surface area contributed by atoms with Crippen LogP contribution in [-0.4, -0.2) is 0 Å². The molecule has 0 amide bonds. The molecule has 0 aliphatic heterocycles. The third-order valence-corrected chi connectivity index (χ3v) is 2.60. The van der Waals surface area contributed by atoms with Crippen molar-refractivity contribution in [2.45, 2.75) is 74.7 Å². The molecule has 0 spiro atoms. The molecule has 1 rings (SSSR count). The Morgan fingerprint density at radius 2 is 1.31 bits per heavy atom. The zero-order valence-corrected chi connectivity index (χ0v) is 12.8. The average molecular weight is 227 g/mol. The molecule has 3 unspecified atom stereocenters. The van der Waals surface area contributed by atoms with E-state index in [1.54, 1.807) is 0 Å². The first-order chi connectivity index (χ1) is 7.74. The van der Waals surface area contributed by atoms with Crippen molar-refractivity contribution in [3.05, 3.63) is 0 Å². The number of hydrogen-bond acceptors (Lipinski definition) is 1. The molecule has 1 aliphatic rings. The standard InChI is InChI=1S/C9H15N.3C2H6/c1-7-3-4-9(6-10)8(2)5-7;3*1-2/h7-9H,3-5H2,1-2H3;3*1-2H3. The van der Waals surface area contributed by atoms with Crippen LogP contribution in [-0.2, 0) is 0 Å². The maximum Gasteiger partial charge on any atom is 0.0658 e. The van der Waals surface area contributed by atoms with Gasteiger partial charge in [0.15, 0.2) is 0 Å². The van der Waals surface area contributed by atoms with E-state index in [9.17, 15) is 0 Å². The van der Waals surface area contributed by atoms with E-state index in [0.717, 1.165) is 12.3 Å². The second kappa shape index (κ2) is 16.9. The molecule has 0 aromatic carbocycles. The second-order valence-corrected chi connectivity index (χ2v) is 3.63. The molecule has 0 N–H and O–H groups in total. The molecule has 0 bridgehead atoms. The van der Waals surface area contributed by atoms with Gasteiger partial charge in [-0.3, -0.25) is 0 Å².